The van der Waals surface area contributed by atoms with Crippen molar-refractivity contribution >= 4 is 18.2 Å². The summed E-state index contributed by atoms with van der Waals surface area (Å²) in [5, 5.41) is 0. The molecule has 0 saturated carbocycles. The first-order chi connectivity index (χ1) is 16.2. The first-order valence-electron chi connectivity index (χ1n) is 11.9. The van der Waals surface area contributed by atoms with Crippen LogP contribution in [0.15, 0.2) is 0 Å². The van der Waals surface area contributed by atoms with Crippen LogP contribution >= 0.6 is 0 Å². The fourth-order valence-electron chi connectivity index (χ4n) is 3.38. The van der Waals surface area contributed by atoms with Gasteiger partial charge in [-0.25, -0.2) is 14.4 Å². The Labute approximate surface area is 210 Å². The Hall–Kier alpha value is -2.08. The van der Waals surface area contributed by atoms with Crippen molar-refractivity contribution in [3.63, 3.8) is 0 Å². The van der Waals surface area contributed by atoms with Gasteiger partial charge in [0.05, 0.1) is 25.7 Å². The van der Waals surface area contributed by atoms with Crippen LogP contribution in [0.3, 0.4) is 0 Å². The van der Waals surface area contributed by atoms with Gasteiger partial charge in [-0.15, -0.1) is 0 Å². The predicted octanol–water partition coefficient (Wildman–Crippen LogP) is 5.10. The topological polar surface area (TPSA) is 101 Å². The normalized spacial score (nSPS) is 24.3. The maximum atomic E-state index is 13.3. The summed E-state index contributed by atoms with van der Waals surface area (Å²) in [5.74, 6) is -2.25. The molecule has 210 valence electrons. The Morgan fingerprint density at radius 2 is 1.50 bits per heavy atom. The Morgan fingerprint density at radius 3 is 1.92 bits per heavy atom. The molecule has 9 nitrogen and oxygen atoms in total. The number of ether oxygens (including phenoxy) is 5. The smallest absolute Gasteiger partial charge is 0.420 e. The molecule has 0 aliphatic carbocycles. The summed E-state index contributed by atoms with van der Waals surface area (Å²) < 4.78 is 67.2. The number of hydrogen-bond acceptors (Lipinski definition) is 8. The highest BCUT2D eigenvalue weighted by Crippen LogP contribution is 2.31. The second-order valence-electron chi connectivity index (χ2n) is 11.3. The molecule has 0 aromatic rings. The van der Waals surface area contributed by atoms with Crippen LogP contribution in [0.2, 0.25) is 0 Å². The molecule has 0 aromatic heterocycles. The Balaban J connectivity index is 3.36. The third kappa shape index (κ3) is 11.3. The van der Waals surface area contributed by atoms with E-state index in [2.05, 4.69) is 0 Å². The van der Waals surface area contributed by atoms with Crippen molar-refractivity contribution in [1.82, 2.24) is 4.90 Å². The van der Waals surface area contributed by atoms with Gasteiger partial charge in [0.2, 0.25) is 0 Å². The number of esters is 1. The number of cyclic esters (lactones) is 1. The molecule has 1 aliphatic heterocycles. The molecule has 0 bridgehead atoms. The molecule has 36 heavy (non-hydrogen) atoms. The van der Waals surface area contributed by atoms with Crippen LogP contribution in [0.5, 0.6) is 0 Å². The molecule has 4 atom stereocenters. The summed E-state index contributed by atoms with van der Waals surface area (Å²) in [7, 11) is 0. The average molecular weight is 528 g/mol. The Kier molecular flexibility index (Phi) is 11.0. The van der Waals surface area contributed by atoms with Gasteiger partial charge in [-0.1, -0.05) is 13.8 Å². The van der Waals surface area contributed by atoms with Crippen LogP contribution in [-0.2, 0) is 28.5 Å². The molecule has 0 unspecified atom stereocenters. The van der Waals surface area contributed by atoms with E-state index < -0.39 is 79.3 Å². The lowest BCUT2D eigenvalue weighted by Crippen LogP contribution is -2.54. The van der Waals surface area contributed by atoms with E-state index in [-0.39, 0.29) is 12.5 Å². The largest absolute Gasteiger partial charge is 0.458 e. The minimum Gasteiger partial charge on any atom is -0.458 e. The maximum absolute atomic E-state index is 13.3. The second kappa shape index (κ2) is 12.4. The molecule has 1 fully saturated rings. The predicted molar refractivity (Wildman–Crippen MR) is 123 cm³/mol. The lowest BCUT2D eigenvalue weighted by atomic mass is 9.95. The summed E-state index contributed by atoms with van der Waals surface area (Å²) >= 11 is 0. The molecule has 12 heteroatoms. The van der Waals surface area contributed by atoms with Crippen LogP contribution in [0.25, 0.3) is 0 Å². The van der Waals surface area contributed by atoms with Gasteiger partial charge < -0.3 is 23.7 Å². The van der Waals surface area contributed by atoms with Crippen LogP contribution in [0.4, 0.5) is 22.8 Å². The van der Waals surface area contributed by atoms with Gasteiger partial charge in [0, 0.05) is 12.5 Å². The Bertz CT molecular complexity index is 730. The summed E-state index contributed by atoms with van der Waals surface area (Å²) in [6, 6.07) is -1.66. The number of halogens is 3. The molecular weight excluding hydrogens is 487 g/mol. The molecule has 1 aliphatic rings. The number of carbonyl (C=O) groups is 3. The van der Waals surface area contributed by atoms with Gasteiger partial charge in [0.1, 0.15) is 17.3 Å². The van der Waals surface area contributed by atoms with Crippen molar-refractivity contribution < 1.29 is 51.2 Å². The molecule has 1 rings (SSSR count). The van der Waals surface area contributed by atoms with E-state index in [4.69, 9.17) is 23.7 Å². The highest BCUT2D eigenvalue weighted by atomic mass is 19.4. The lowest BCUT2D eigenvalue weighted by molar-refractivity contribution is -0.178. The zero-order chi connectivity index (χ0) is 28.1. The fraction of sp³-hybridized carbons (Fsp3) is 0.875. The number of hydrogen-bond donors (Lipinski definition) is 0. The van der Waals surface area contributed by atoms with E-state index in [1.165, 1.54) is 6.92 Å². The van der Waals surface area contributed by atoms with E-state index in [1.54, 1.807) is 41.5 Å². The molecule has 0 aromatic carbocycles. The summed E-state index contributed by atoms with van der Waals surface area (Å²) in [6.45, 7) is 13.5. The average Bonchev–Trinajstić information content (AvgIpc) is 2.66. The standard InChI is InChI=1S/C24H40F3NO8/c1-14(2)11-33-18-15(3)34-19(29)17(13-32-12-16(18)10-24(25,26)27)28(20(30)35-22(4,5)6)21(31)36-23(7,8)9/h14-18H,10-13H2,1-9H3/t15-,16-,17-,18-/m0/s1. The van der Waals surface area contributed by atoms with E-state index in [0.717, 1.165) is 0 Å². The summed E-state index contributed by atoms with van der Waals surface area (Å²) in [4.78, 5) is 39.5. The molecule has 0 spiro atoms. The van der Waals surface area contributed by atoms with Crippen molar-refractivity contribution in [2.75, 3.05) is 19.8 Å². The summed E-state index contributed by atoms with van der Waals surface area (Å²) in [6.07, 6.45) is -10.4. The van der Waals surface area contributed by atoms with Crippen molar-refractivity contribution in [3.8, 4) is 0 Å². The number of amides is 2. The lowest BCUT2D eigenvalue weighted by Gasteiger charge is -2.33. The molecule has 0 radical (unpaired) electrons. The minimum absolute atomic E-state index is 0.00978. The highest BCUT2D eigenvalue weighted by Gasteiger charge is 2.45. The monoisotopic (exact) mass is 527 g/mol. The van der Waals surface area contributed by atoms with Gasteiger partial charge in [0.25, 0.3) is 0 Å². The number of alkyl halides is 3. The van der Waals surface area contributed by atoms with Gasteiger partial charge in [-0.3, -0.25) is 0 Å². The van der Waals surface area contributed by atoms with Crippen molar-refractivity contribution in [2.45, 2.75) is 104 Å². The Morgan fingerprint density at radius 1 is 1.00 bits per heavy atom. The summed E-state index contributed by atoms with van der Waals surface area (Å²) in [5.41, 5.74) is -2.05. The minimum atomic E-state index is -4.52. The van der Waals surface area contributed by atoms with Gasteiger partial charge in [-0.05, 0) is 54.4 Å². The highest BCUT2D eigenvalue weighted by molar-refractivity contribution is 5.94. The van der Waals surface area contributed by atoms with Crippen LogP contribution < -0.4 is 0 Å². The van der Waals surface area contributed by atoms with Gasteiger partial charge in [-0.2, -0.15) is 18.1 Å². The van der Waals surface area contributed by atoms with Crippen LogP contribution in [0.1, 0.15) is 68.7 Å². The first kappa shape index (κ1) is 31.9. The van der Waals surface area contributed by atoms with Crippen molar-refractivity contribution in [3.05, 3.63) is 0 Å². The number of rotatable bonds is 5. The zero-order valence-corrected chi connectivity index (χ0v) is 22.6. The van der Waals surface area contributed by atoms with Crippen LogP contribution in [0, 0.1) is 11.8 Å². The van der Waals surface area contributed by atoms with E-state index in [0.29, 0.717) is 4.90 Å². The number of nitrogens with zero attached hydrogens (tertiary/aromatic N) is 1. The quantitative estimate of drug-likeness (QED) is 0.360. The van der Waals surface area contributed by atoms with E-state index in [9.17, 15) is 27.6 Å². The second-order valence-corrected chi connectivity index (χ2v) is 11.3. The van der Waals surface area contributed by atoms with E-state index >= 15 is 0 Å². The number of carbonyl (C=O) groups excluding carboxylic acids is 3. The zero-order valence-electron chi connectivity index (χ0n) is 22.6. The molecule has 1 saturated heterocycles. The third-order valence-electron chi connectivity index (χ3n) is 4.72. The molecular formula is C24H40F3NO8. The third-order valence-corrected chi connectivity index (χ3v) is 4.72. The van der Waals surface area contributed by atoms with Crippen molar-refractivity contribution in [1.29, 1.82) is 0 Å². The first-order valence-corrected chi connectivity index (χ1v) is 11.9. The van der Waals surface area contributed by atoms with E-state index in [1.807, 2.05) is 13.8 Å². The maximum Gasteiger partial charge on any atom is 0.420 e. The van der Waals surface area contributed by atoms with Crippen LogP contribution in [-0.4, -0.2) is 78.5 Å². The molecule has 0 N–H and O–H groups in total. The van der Waals surface area contributed by atoms with Crippen molar-refractivity contribution in [2.24, 2.45) is 11.8 Å². The SMILES string of the molecule is CC(C)CO[C@@H]1[C@@H](CC(F)(F)F)COC[C@H](N(C(=O)OC(C)(C)C)C(=O)OC(C)(C)C)C(=O)O[C@H]1C. The molecule has 2 amide bonds. The van der Waals surface area contributed by atoms with Gasteiger partial charge in [0.15, 0.2) is 6.04 Å². The van der Waals surface area contributed by atoms with Gasteiger partial charge >= 0.3 is 24.3 Å². The number of imide groups is 1. The fourth-order valence-corrected chi connectivity index (χ4v) is 3.38. The molecule has 1 heterocycles.